The molecule has 0 radical (unpaired) electrons. The van der Waals surface area contributed by atoms with Crippen LogP contribution in [0.2, 0.25) is 0 Å². The van der Waals surface area contributed by atoms with Crippen molar-refractivity contribution < 1.29 is 4.74 Å². The second kappa shape index (κ2) is 7.00. The van der Waals surface area contributed by atoms with Crippen molar-refractivity contribution in [2.75, 3.05) is 13.7 Å². The van der Waals surface area contributed by atoms with Crippen molar-refractivity contribution in [2.24, 2.45) is 5.73 Å². The number of ether oxygens (including phenoxy) is 1. The van der Waals surface area contributed by atoms with Crippen molar-refractivity contribution >= 4 is 0 Å². The number of nitrogens with two attached hydrogens (primary N) is 1. The SMILES string of the molecule is C#CC(CCC)NC1(CN)CCC(OC)CC1. The van der Waals surface area contributed by atoms with Gasteiger partial charge in [-0.1, -0.05) is 19.3 Å². The van der Waals surface area contributed by atoms with Gasteiger partial charge in [-0.15, -0.1) is 6.42 Å². The minimum absolute atomic E-state index is 0.0290. The molecular formula is C14H26N2O. The lowest BCUT2D eigenvalue weighted by atomic mass is 9.79. The third kappa shape index (κ3) is 3.99. The molecule has 1 fully saturated rings. The van der Waals surface area contributed by atoms with Crippen LogP contribution in [0.4, 0.5) is 0 Å². The van der Waals surface area contributed by atoms with Crippen LogP contribution < -0.4 is 11.1 Å². The molecular weight excluding hydrogens is 212 g/mol. The Morgan fingerprint density at radius 1 is 1.53 bits per heavy atom. The smallest absolute Gasteiger partial charge is 0.0691 e. The molecule has 0 saturated heterocycles. The summed E-state index contributed by atoms with van der Waals surface area (Å²) in [4.78, 5) is 0. The number of hydrogen-bond donors (Lipinski definition) is 2. The molecule has 0 aliphatic heterocycles. The van der Waals surface area contributed by atoms with Crippen molar-refractivity contribution in [2.45, 2.75) is 63.1 Å². The molecule has 0 aromatic carbocycles. The van der Waals surface area contributed by atoms with Gasteiger partial charge >= 0.3 is 0 Å². The number of methoxy groups -OCH3 is 1. The summed E-state index contributed by atoms with van der Waals surface area (Å²) in [7, 11) is 1.79. The van der Waals surface area contributed by atoms with E-state index in [0.717, 1.165) is 38.5 Å². The molecule has 1 saturated carbocycles. The van der Waals surface area contributed by atoms with E-state index in [1.165, 1.54) is 0 Å². The summed E-state index contributed by atoms with van der Waals surface area (Å²) in [6.45, 7) is 2.81. The molecule has 1 rings (SSSR count). The van der Waals surface area contributed by atoms with Crippen molar-refractivity contribution in [3.05, 3.63) is 0 Å². The summed E-state index contributed by atoms with van der Waals surface area (Å²) in [6.07, 6.45) is 12.3. The molecule has 0 heterocycles. The molecule has 0 aromatic heterocycles. The topological polar surface area (TPSA) is 47.3 Å². The highest BCUT2D eigenvalue weighted by molar-refractivity contribution is 5.05. The molecule has 0 bridgehead atoms. The minimum atomic E-state index is 0.0290. The maximum absolute atomic E-state index is 5.95. The highest BCUT2D eigenvalue weighted by Gasteiger charge is 2.35. The summed E-state index contributed by atoms with van der Waals surface area (Å²) in [6, 6.07) is 0.155. The fourth-order valence-electron chi connectivity index (χ4n) is 2.64. The third-order valence-electron chi connectivity index (χ3n) is 3.87. The summed E-state index contributed by atoms with van der Waals surface area (Å²) < 4.78 is 5.40. The van der Waals surface area contributed by atoms with Crippen LogP contribution in [0.25, 0.3) is 0 Å². The first kappa shape index (κ1) is 14.5. The lowest BCUT2D eigenvalue weighted by molar-refractivity contribution is 0.0415. The van der Waals surface area contributed by atoms with E-state index in [0.29, 0.717) is 12.6 Å². The van der Waals surface area contributed by atoms with E-state index in [4.69, 9.17) is 16.9 Å². The Balaban J connectivity index is 2.55. The Morgan fingerprint density at radius 3 is 2.59 bits per heavy atom. The first-order valence-corrected chi connectivity index (χ1v) is 6.66. The fourth-order valence-corrected chi connectivity index (χ4v) is 2.64. The highest BCUT2D eigenvalue weighted by atomic mass is 16.5. The van der Waals surface area contributed by atoms with Crippen LogP contribution in [-0.4, -0.2) is 31.3 Å². The fraction of sp³-hybridized carbons (Fsp3) is 0.857. The second-order valence-corrected chi connectivity index (χ2v) is 5.07. The quantitative estimate of drug-likeness (QED) is 0.692. The Labute approximate surface area is 105 Å². The van der Waals surface area contributed by atoms with Gasteiger partial charge in [0.1, 0.15) is 0 Å². The Bertz CT molecular complexity index is 251. The molecule has 17 heavy (non-hydrogen) atoms. The summed E-state index contributed by atoms with van der Waals surface area (Å²) in [5.41, 5.74) is 5.98. The summed E-state index contributed by atoms with van der Waals surface area (Å²) in [5, 5.41) is 3.60. The van der Waals surface area contributed by atoms with Gasteiger partial charge in [-0.2, -0.15) is 0 Å². The predicted molar refractivity (Wildman–Crippen MR) is 71.7 cm³/mol. The highest BCUT2D eigenvalue weighted by Crippen LogP contribution is 2.29. The maximum atomic E-state index is 5.95. The first-order valence-electron chi connectivity index (χ1n) is 6.66. The van der Waals surface area contributed by atoms with Crippen molar-refractivity contribution in [3.8, 4) is 12.3 Å². The van der Waals surface area contributed by atoms with E-state index < -0.39 is 0 Å². The zero-order valence-corrected chi connectivity index (χ0v) is 11.2. The van der Waals surface area contributed by atoms with Crippen molar-refractivity contribution in [1.29, 1.82) is 0 Å². The van der Waals surface area contributed by atoms with Gasteiger partial charge in [0.15, 0.2) is 0 Å². The second-order valence-electron chi connectivity index (χ2n) is 5.07. The van der Waals surface area contributed by atoms with Crippen LogP contribution >= 0.6 is 0 Å². The van der Waals surface area contributed by atoms with Crippen LogP contribution in [0.1, 0.15) is 45.4 Å². The first-order chi connectivity index (χ1) is 8.19. The molecule has 98 valence electrons. The standard InChI is InChI=1S/C14H26N2O/c1-4-6-12(5-2)16-14(11-15)9-7-13(17-3)8-10-14/h2,12-13,16H,4,6-11,15H2,1,3H3. The molecule has 3 N–H and O–H groups in total. The van der Waals surface area contributed by atoms with E-state index in [2.05, 4.69) is 18.2 Å². The van der Waals surface area contributed by atoms with Crippen LogP contribution in [0.5, 0.6) is 0 Å². The number of terminal acetylenes is 1. The minimum Gasteiger partial charge on any atom is -0.381 e. The Morgan fingerprint density at radius 2 is 2.18 bits per heavy atom. The van der Waals surface area contributed by atoms with Crippen LogP contribution in [-0.2, 0) is 4.74 Å². The molecule has 1 aliphatic carbocycles. The lowest BCUT2D eigenvalue weighted by Crippen LogP contribution is -2.57. The van der Waals surface area contributed by atoms with Gasteiger partial charge in [-0.3, -0.25) is 5.32 Å². The Hall–Kier alpha value is -0.560. The molecule has 3 heteroatoms. The van der Waals surface area contributed by atoms with Gasteiger partial charge in [0.05, 0.1) is 12.1 Å². The molecule has 1 atom stereocenters. The van der Waals surface area contributed by atoms with Gasteiger partial charge in [0.2, 0.25) is 0 Å². The van der Waals surface area contributed by atoms with E-state index in [1.807, 2.05) is 0 Å². The molecule has 1 unspecified atom stereocenters. The summed E-state index contributed by atoms with van der Waals surface area (Å²) >= 11 is 0. The van der Waals surface area contributed by atoms with E-state index in [9.17, 15) is 0 Å². The van der Waals surface area contributed by atoms with Gasteiger partial charge in [-0.25, -0.2) is 0 Å². The Kier molecular flexibility index (Phi) is 5.97. The average Bonchev–Trinajstić information content (AvgIpc) is 2.39. The maximum Gasteiger partial charge on any atom is 0.0691 e. The zero-order valence-electron chi connectivity index (χ0n) is 11.2. The largest absolute Gasteiger partial charge is 0.381 e. The molecule has 1 aliphatic rings. The van der Waals surface area contributed by atoms with E-state index in [-0.39, 0.29) is 11.6 Å². The molecule has 0 spiro atoms. The predicted octanol–water partition coefficient (Wildman–Crippen LogP) is 1.66. The monoisotopic (exact) mass is 238 g/mol. The van der Waals surface area contributed by atoms with Crippen molar-refractivity contribution in [3.63, 3.8) is 0 Å². The summed E-state index contributed by atoms with van der Waals surface area (Å²) in [5.74, 6) is 2.84. The van der Waals surface area contributed by atoms with Gasteiger partial charge < -0.3 is 10.5 Å². The molecule has 0 amide bonds. The average molecular weight is 238 g/mol. The van der Waals surface area contributed by atoms with Crippen LogP contribution in [0.15, 0.2) is 0 Å². The van der Waals surface area contributed by atoms with Gasteiger partial charge in [0.25, 0.3) is 0 Å². The third-order valence-corrected chi connectivity index (χ3v) is 3.87. The van der Waals surface area contributed by atoms with Crippen LogP contribution in [0.3, 0.4) is 0 Å². The molecule has 3 nitrogen and oxygen atoms in total. The zero-order chi connectivity index (χ0) is 12.7. The van der Waals surface area contributed by atoms with Crippen molar-refractivity contribution in [1.82, 2.24) is 5.32 Å². The number of rotatable bonds is 6. The van der Waals surface area contributed by atoms with E-state index in [1.54, 1.807) is 7.11 Å². The van der Waals surface area contributed by atoms with Gasteiger partial charge in [-0.05, 0) is 32.1 Å². The lowest BCUT2D eigenvalue weighted by Gasteiger charge is -2.41. The van der Waals surface area contributed by atoms with E-state index >= 15 is 0 Å². The number of hydrogen-bond acceptors (Lipinski definition) is 3. The normalized spacial score (nSPS) is 30.8. The molecule has 0 aromatic rings. The number of nitrogens with one attached hydrogen (secondary N) is 1. The van der Waals surface area contributed by atoms with Crippen LogP contribution in [0, 0.1) is 12.3 Å². The van der Waals surface area contributed by atoms with Gasteiger partial charge in [0, 0.05) is 19.2 Å².